The molecule has 0 amide bonds. The summed E-state index contributed by atoms with van der Waals surface area (Å²) >= 11 is 0. The lowest BCUT2D eigenvalue weighted by molar-refractivity contribution is -0.113. The Labute approximate surface area is 61.8 Å². The Balaban J connectivity index is 4.36. The van der Waals surface area contributed by atoms with Crippen LogP contribution in [0.4, 0.5) is 0 Å². The van der Waals surface area contributed by atoms with Crippen molar-refractivity contribution < 1.29 is 4.79 Å². The van der Waals surface area contributed by atoms with Gasteiger partial charge >= 0.3 is 0 Å². The second-order valence-electron chi connectivity index (χ2n) is 2.12. The first-order valence-corrected chi connectivity index (χ1v) is 3.09. The van der Waals surface area contributed by atoms with Gasteiger partial charge in [0.15, 0.2) is 5.78 Å². The smallest absolute Gasteiger partial charge is 0.159 e. The summed E-state index contributed by atoms with van der Waals surface area (Å²) < 4.78 is 0. The Hall–Kier alpha value is -1.11. The number of hydrogen-bond acceptors (Lipinski definition) is 1. The van der Waals surface area contributed by atoms with E-state index in [0.29, 0.717) is 5.57 Å². The molecule has 0 aliphatic rings. The summed E-state index contributed by atoms with van der Waals surface area (Å²) in [5.74, 6) is 0.00981. The quantitative estimate of drug-likeness (QED) is 0.429. The number of allylic oxidation sites excluding steroid dienone is 4. The van der Waals surface area contributed by atoms with Crippen molar-refractivity contribution in [3.63, 3.8) is 0 Å². The standard InChI is InChI=1S/C9H12O/c1-5-6-7(2)8(3)9(4)10/h5-6H,1,3H2,2,4H3. The molecule has 0 spiro atoms. The summed E-state index contributed by atoms with van der Waals surface area (Å²) in [6, 6.07) is 0. The molecule has 0 saturated carbocycles. The van der Waals surface area contributed by atoms with Crippen LogP contribution in [0.15, 0.2) is 36.5 Å². The Kier molecular flexibility index (Phi) is 3.40. The first-order valence-electron chi connectivity index (χ1n) is 3.09. The SMILES string of the molecule is C=CC=C(C)C(=C)C(C)=O. The van der Waals surface area contributed by atoms with E-state index in [1.165, 1.54) is 6.92 Å². The molecule has 0 atom stereocenters. The minimum absolute atomic E-state index is 0.00981. The average molecular weight is 136 g/mol. The Morgan fingerprint density at radius 2 is 1.90 bits per heavy atom. The third-order valence-electron chi connectivity index (χ3n) is 1.27. The molecule has 0 aliphatic heterocycles. The number of rotatable bonds is 3. The van der Waals surface area contributed by atoms with Gasteiger partial charge in [-0.2, -0.15) is 0 Å². The zero-order valence-corrected chi connectivity index (χ0v) is 6.48. The summed E-state index contributed by atoms with van der Waals surface area (Å²) in [7, 11) is 0. The van der Waals surface area contributed by atoms with Gasteiger partial charge in [0.1, 0.15) is 0 Å². The van der Waals surface area contributed by atoms with Gasteiger partial charge in [0, 0.05) is 5.57 Å². The molecule has 0 N–H and O–H groups in total. The van der Waals surface area contributed by atoms with Crippen LogP contribution in [-0.2, 0) is 4.79 Å². The molecule has 0 aromatic carbocycles. The van der Waals surface area contributed by atoms with E-state index in [4.69, 9.17) is 0 Å². The van der Waals surface area contributed by atoms with Gasteiger partial charge in [0.05, 0.1) is 0 Å². The second-order valence-corrected chi connectivity index (χ2v) is 2.12. The van der Waals surface area contributed by atoms with Crippen LogP contribution in [-0.4, -0.2) is 5.78 Å². The monoisotopic (exact) mass is 136 g/mol. The molecule has 0 heterocycles. The van der Waals surface area contributed by atoms with Crippen LogP contribution in [0.5, 0.6) is 0 Å². The Bertz CT molecular complexity index is 197. The normalized spacial score (nSPS) is 10.8. The Morgan fingerprint density at radius 1 is 1.40 bits per heavy atom. The van der Waals surface area contributed by atoms with Crippen LogP contribution in [0, 0.1) is 0 Å². The van der Waals surface area contributed by atoms with Crippen molar-refractivity contribution in [2.24, 2.45) is 0 Å². The van der Waals surface area contributed by atoms with Gasteiger partial charge in [0.2, 0.25) is 0 Å². The van der Waals surface area contributed by atoms with Crippen molar-refractivity contribution >= 4 is 5.78 Å². The molecular formula is C9H12O. The molecule has 0 fully saturated rings. The van der Waals surface area contributed by atoms with E-state index in [1.54, 1.807) is 12.2 Å². The molecule has 0 bridgehead atoms. The highest BCUT2D eigenvalue weighted by Crippen LogP contribution is 2.06. The van der Waals surface area contributed by atoms with Crippen molar-refractivity contribution in [2.45, 2.75) is 13.8 Å². The topological polar surface area (TPSA) is 17.1 Å². The van der Waals surface area contributed by atoms with Crippen molar-refractivity contribution in [1.29, 1.82) is 0 Å². The third kappa shape index (κ3) is 2.44. The molecule has 0 saturated heterocycles. The zero-order chi connectivity index (χ0) is 8.15. The summed E-state index contributed by atoms with van der Waals surface area (Å²) in [4.78, 5) is 10.7. The lowest BCUT2D eigenvalue weighted by Gasteiger charge is -1.97. The number of carbonyl (C=O) groups excluding carboxylic acids is 1. The van der Waals surface area contributed by atoms with Crippen LogP contribution in [0.2, 0.25) is 0 Å². The highest BCUT2D eigenvalue weighted by atomic mass is 16.1. The van der Waals surface area contributed by atoms with Gasteiger partial charge in [-0.15, -0.1) is 0 Å². The van der Waals surface area contributed by atoms with E-state index in [0.717, 1.165) is 5.57 Å². The highest BCUT2D eigenvalue weighted by Gasteiger charge is 1.99. The summed E-state index contributed by atoms with van der Waals surface area (Å²) in [6.45, 7) is 10.5. The predicted molar refractivity (Wildman–Crippen MR) is 43.8 cm³/mol. The van der Waals surface area contributed by atoms with Crippen LogP contribution >= 0.6 is 0 Å². The molecule has 54 valence electrons. The summed E-state index contributed by atoms with van der Waals surface area (Å²) in [5, 5.41) is 0. The fourth-order valence-corrected chi connectivity index (χ4v) is 0.555. The number of hydrogen-bond donors (Lipinski definition) is 0. The molecule has 10 heavy (non-hydrogen) atoms. The fourth-order valence-electron chi connectivity index (χ4n) is 0.555. The maximum Gasteiger partial charge on any atom is 0.159 e. The molecule has 0 unspecified atom stereocenters. The van der Waals surface area contributed by atoms with Crippen LogP contribution < -0.4 is 0 Å². The number of carbonyl (C=O) groups is 1. The van der Waals surface area contributed by atoms with Gasteiger partial charge in [-0.05, 0) is 19.4 Å². The van der Waals surface area contributed by atoms with Gasteiger partial charge in [-0.25, -0.2) is 0 Å². The minimum atomic E-state index is 0.00981. The Morgan fingerprint density at radius 3 is 2.20 bits per heavy atom. The van der Waals surface area contributed by atoms with Crippen molar-refractivity contribution in [3.8, 4) is 0 Å². The van der Waals surface area contributed by atoms with Gasteiger partial charge in [0.25, 0.3) is 0 Å². The van der Waals surface area contributed by atoms with E-state index in [-0.39, 0.29) is 5.78 Å². The minimum Gasteiger partial charge on any atom is -0.295 e. The average Bonchev–Trinajstić information content (AvgIpc) is 1.87. The molecule has 0 aromatic heterocycles. The molecule has 0 aliphatic carbocycles. The largest absolute Gasteiger partial charge is 0.295 e. The lowest BCUT2D eigenvalue weighted by atomic mass is 10.1. The van der Waals surface area contributed by atoms with Crippen molar-refractivity contribution in [3.05, 3.63) is 36.5 Å². The van der Waals surface area contributed by atoms with Gasteiger partial charge in [-0.3, -0.25) is 4.79 Å². The number of Topliss-reactive ketones (excluding diaryl/α,β-unsaturated/α-hetero) is 1. The van der Waals surface area contributed by atoms with Crippen molar-refractivity contribution in [1.82, 2.24) is 0 Å². The summed E-state index contributed by atoms with van der Waals surface area (Å²) in [6.07, 6.45) is 3.41. The van der Waals surface area contributed by atoms with E-state index < -0.39 is 0 Å². The second kappa shape index (κ2) is 3.83. The van der Waals surface area contributed by atoms with Gasteiger partial charge < -0.3 is 0 Å². The van der Waals surface area contributed by atoms with E-state index in [1.807, 2.05) is 6.92 Å². The third-order valence-corrected chi connectivity index (χ3v) is 1.27. The van der Waals surface area contributed by atoms with E-state index in [2.05, 4.69) is 13.2 Å². The van der Waals surface area contributed by atoms with E-state index >= 15 is 0 Å². The zero-order valence-electron chi connectivity index (χ0n) is 6.48. The first-order chi connectivity index (χ1) is 4.59. The van der Waals surface area contributed by atoms with Crippen LogP contribution in [0.1, 0.15) is 13.8 Å². The molecule has 0 radical (unpaired) electrons. The molecular weight excluding hydrogens is 124 g/mol. The summed E-state index contributed by atoms with van der Waals surface area (Å²) in [5.41, 5.74) is 1.43. The number of ketones is 1. The van der Waals surface area contributed by atoms with Gasteiger partial charge in [-0.1, -0.05) is 25.3 Å². The first kappa shape index (κ1) is 8.89. The lowest BCUT2D eigenvalue weighted by Crippen LogP contribution is -1.95. The molecule has 0 aromatic rings. The highest BCUT2D eigenvalue weighted by molar-refractivity contribution is 5.96. The molecule has 1 heteroatoms. The van der Waals surface area contributed by atoms with Crippen molar-refractivity contribution in [2.75, 3.05) is 0 Å². The maximum absolute atomic E-state index is 10.7. The fraction of sp³-hybridized carbons (Fsp3) is 0.222. The predicted octanol–water partition coefficient (Wildman–Crippen LogP) is 2.26. The van der Waals surface area contributed by atoms with Crippen LogP contribution in [0.25, 0.3) is 0 Å². The van der Waals surface area contributed by atoms with Crippen LogP contribution in [0.3, 0.4) is 0 Å². The molecule has 1 nitrogen and oxygen atoms in total. The maximum atomic E-state index is 10.7. The molecule has 0 rings (SSSR count). The van der Waals surface area contributed by atoms with E-state index in [9.17, 15) is 4.79 Å².